The third-order valence-corrected chi connectivity index (χ3v) is 5.97. The molecule has 2 aromatic carbocycles. The fraction of sp³-hybridized carbons (Fsp3) is 0.350. The summed E-state index contributed by atoms with van der Waals surface area (Å²) in [5, 5.41) is 0. The van der Waals surface area contributed by atoms with Crippen molar-refractivity contribution in [1.82, 2.24) is 4.72 Å². The van der Waals surface area contributed by atoms with Gasteiger partial charge >= 0.3 is 5.97 Å². The Bertz CT molecular complexity index is 1020. The van der Waals surface area contributed by atoms with Gasteiger partial charge in [0.05, 0.1) is 30.3 Å². The van der Waals surface area contributed by atoms with Crippen molar-refractivity contribution in [2.75, 3.05) is 33.2 Å². The Balaban J connectivity index is 1.38. The number of esters is 1. The fourth-order valence-electron chi connectivity index (χ4n) is 2.99. The number of hydrogen-bond acceptors (Lipinski definition) is 8. The molecule has 2 aliphatic heterocycles. The standard InChI is InChI=1S/C20H21NO8S/c22-20(27-12-16-11-25-6-7-26-16)15-2-1-3-17(9-15)30(23,24)21-10-14-4-5-18-19(8-14)29-13-28-18/h1-5,8-9,16,21H,6-7,10-13H2. The van der Waals surface area contributed by atoms with Crippen molar-refractivity contribution in [3.8, 4) is 11.5 Å². The van der Waals surface area contributed by atoms with Crippen LogP contribution in [0.4, 0.5) is 0 Å². The number of rotatable bonds is 7. The highest BCUT2D eigenvalue weighted by molar-refractivity contribution is 7.89. The van der Waals surface area contributed by atoms with Crippen LogP contribution >= 0.6 is 0 Å². The van der Waals surface area contributed by atoms with E-state index in [1.54, 1.807) is 18.2 Å². The minimum atomic E-state index is -3.84. The molecule has 0 aliphatic carbocycles. The number of benzene rings is 2. The summed E-state index contributed by atoms with van der Waals surface area (Å²) in [5.41, 5.74) is 0.853. The van der Waals surface area contributed by atoms with Gasteiger partial charge in [-0.3, -0.25) is 0 Å². The van der Waals surface area contributed by atoms with Crippen molar-refractivity contribution in [2.45, 2.75) is 17.5 Å². The molecule has 2 aliphatic rings. The van der Waals surface area contributed by atoms with E-state index in [-0.39, 0.29) is 36.5 Å². The van der Waals surface area contributed by atoms with Crippen LogP contribution in [0.5, 0.6) is 11.5 Å². The highest BCUT2D eigenvalue weighted by Crippen LogP contribution is 2.32. The van der Waals surface area contributed by atoms with Gasteiger partial charge in [-0.05, 0) is 35.9 Å². The van der Waals surface area contributed by atoms with Gasteiger partial charge in [-0.25, -0.2) is 17.9 Å². The molecular weight excluding hydrogens is 414 g/mol. The second kappa shape index (κ2) is 9.00. The van der Waals surface area contributed by atoms with Gasteiger partial charge in [0.2, 0.25) is 16.8 Å². The third kappa shape index (κ3) is 4.90. The molecule has 30 heavy (non-hydrogen) atoms. The number of fused-ring (bicyclic) bond motifs is 1. The first-order valence-electron chi connectivity index (χ1n) is 9.36. The monoisotopic (exact) mass is 435 g/mol. The van der Waals surface area contributed by atoms with E-state index in [1.165, 1.54) is 24.3 Å². The highest BCUT2D eigenvalue weighted by Gasteiger charge is 2.20. The maximum Gasteiger partial charge on any atom is 0.338 e. The van der Waals surface area contributed by atoms with E-state index in [0.717, 1.165) is 0 Å². The normalized spacial score (nSPS) is 18.2. The van der Waals surface area contributed by atoms with Crippen LogP contribution < -0.4 is 14.2 Å². The molecule has 1 atom stereocenters. The molecule has 2 aromatic rings. The number of sulfonamides is 1. The summed E-state index contributed by atoms with van der Waals surface area (Å²) in [6, 6.07) is 10.9. The second-order valence-electron chi connectivity index (χ2n) is 6.71. The molecule has 9 nitrogen and oxygen atoms in total. The first kappa shape index (κ1) is 20.6. The van der Waals surface area contributed by atoms with E-state index in [0.29, 0.717) is 36.9 Å². The van der Waals surface area contributed by atoms with Crippen molar-refractivity contribution >= 4 is 16.0 Å². The third-order valence-electron chi connectivity index (χ3n) is 4.57. The molecule has 0 amide bonds. The highest BCUT2D eigenvalue weighted by atomic mass is 32.2. The lowest BCUT2D eigenvalue weighted by Crippen LogP contribution is -2.33. The first-order valence-corrected chi connectivity index (χ1v) is 10.8. The topological polar surface area (TPSA) is 109 Å². The maximum absolute atomic E-state index is 12.7. The summed E-state index contributed by atoms with van der Waals surface area (Å²) >= 11 is 0. The molecule has 1 N–H and O–H groups in total. The summed E-state index contributed by atoms with van der Waals surface area (Å²) < 4.78 is 54.3. The van der Waals surface area contributed by atoms with Gasteiger partial charge in [-0.1, -0.05) is 12.1 Å². The van der Waals surface area contributed by atoms with Crippen LogP contribution in [0.25, 0.3) is 0 Å². The van der Waals surface area contributed by atoms with Crippen molar-refractivity contribution < 1.29 is 36.9 Å². The lowest BCUT2D eigenvalue weighted by atomic mass is 10.2. The van der Waals surface area contributed by atoms with Crippen molar-refractivity contribution in [3.05, 3.63) is 53.6 Å². The quantitative estimate of drug-likeness (QED) is 0.651. The summed E-state index contributed by atoms with van der Waals surface area (Å²) in [4.78, 5) is 12.3. The van der Waals surface area contributed by atoms with Crippen molar-refractivity contribution in [2.24, 2.45) is 0 Å². The Labute approximate surface area is 173 Å². The lowest BCUT2D eigenvalue weighted by Gasteiger charge is -2.22. The second-order valence-corrected chi connectivity index (χ2v) is 8.47. The number of hydrogen-bond donors (Lipinski definition) is 1. The van der Waals surface area contributed by atoms with Gasteiger partial charge in [-0.2, -0.15) is 0 Å². The zero-order valence-electron chi connectivity index (χ0n) is 16.0. The van der Waals surface area contributed by atoms with Crippen LogP contribution in [-0.4, -0.2) is 53.7 Å². The summed E-state index contributed by atoms with van der Waals surface area (Å²) in [6.07, 6.45) is -0.321. The van der Waals surface area contributed by atoms with E-state index < -0.39 is 16.0 Å². The molecule has 0 radical (unpaired) electrons. The minimum absolute atomic E-state index is 0.0325. The average Bonchev–Trinajstić information content (AvgIpc) is 3.25. The van der Waals surface area contributed by atoms with Gasteiger partial charge in [0, 0.05) is 6.54 Å². The van der Waals surface area contributed by atoms with Gasteiger partial charge in [0.15, 0.2) is 11.5 Å². The van der Waals surface area contributed by atoms with E-state index in [9.17, 15) is 13.2 Å². The largest absolute Gasteiger partial charge is 0.459 e. The molecule has 0 bridgehead atoms. The van der Waals surface area contributed by atoms with Crippen molar-refractivity contribution in [3.63, 3.8) is 0 Å². The van der Waals surface area contributed by atoms with Crippen LogP contribution in [0.15, 0.2) is 47.4 Å². The Hall–Kier alpha value is -2.66. The molecule has 1 fully saturated rings. The van der Waals surface area contributed by atoms with Crippen LogP contribution in [0.2, 0.25) is 0 Å². The van der Waals surface area contributed by atoms with Gasteiger partial charge < -0.3 is 23.7 Å². The molecule has 1 saturated heterocycles. The molecule has 0 spiro atoms. The maximum atomic E-state index is 12.7. The molecule has 1 unspecified atom stereocenters. The van der Waals surface area contributed by atoms with E-state index >= 15 is 0 Å². The number of carbonyl (C=O) groups is 1. The molecule has 10 heteroatoms. The average molecular weight is 435 g/mol. The zero-order chi connectivity index (χ0) is 21.0. The predicted octanol–water partition coefficient (Wildman–Crippen LogP) is 1.47. The summed E-state index contributed by atoms with van der Waals surface area (Å²) in [5.74, 6) is 0.568. The van der Waals surface area contributed by atoms with E-state index in [4.69, 9.17) is 23.7 Å². The van der Waals surface area contributed by atoms with Crippen LogP contribution in [-0.2, 0) is 30.8 Å². The number of nitrogens with one attached hydrogen (secondary N) is 1. The first-order chi connectivity index (χ1) is 14.5. The zero-order valence-corrected chi connectivity index (χ0v) is 16.9. The smallest absolute Gasteiger partial charge is 0.338 e. The van der Waals surface area contributed by atoms with Crippen LogP contribution in [0.3, 0.4) is 0 Å². The summed E-state index contributed by atoms with van der Waals surface area (Å²) in [6.45, 7) is 1.57. The Morgan fingerprint density at radius 3 is 2.80 bits per heavy atom. The molecule has 2 heterocycles. The Morgan fingerprint density at radius 2 is 1.97 bits per heavy atom. The predicted molar refractivity (Wildman–Crippen MR) is 104 cm³/mol. The fourth-order valence-corrected chi connectivity index (χ4v) is 4.05. The van der Waals surface area contributed by atoms with E-state index in [1.807, 2.05) is 0 Å². The number of ether oxygens (including phenoxy) is 5. The Kier molecular flexibility index (Phi) is 6.18. The Morgan fingerprint density at radius 1 is 1.10 bits per heavy atom. The van der Waals surface area contributed by atoms with E-state index in [2.05, 4.69) is 4.72 Å². The molecule has 4 rings (SSSR count). The molecule has 0 aromatic heterocycles. The SMILES string of the molecule is O=C(OCC1COCCO1)c1cccc(S(=O)(=O)NCc2ccc3c(c2)OCO3)c1. The van der Waals surface area contributed by atoms with Crippen molar-refractivity contribution in [1.29, 1.82) is 0 Å². The lowest BCUT2D eigenvalue weighted by molar-refractivity contribution is -0.107. The van der Waals surface area contributed by atoms with Gasteiger partial charge in [-0.15, -0.1) is 0 Å². The van der Waals surface area contributed by atoms with Gasteiger partial charge in [0.25, 0.3) is 0 Å². The summed E-state index contributed by atoms with van der Waals surface area (Å²) in [7, 11) is -3.84. The minimum Gasteiger partial charge on any atom is -0.459 e. The molecule has 160 valence electrons. The molecule has 0 saturated carbocycles. The van der Waals surface area contributed by atoms with Gasteiger partial charge in [0.1, 0.15) is 12.7 Å². The molecular formula is C20H21NO8S. The van der Waals surface area contributed by atoms with Crippen LogP contribution in [0, 0.1) is 0 Å². The number of carbonyl (C=O) groups excluding carboxylic acids is 1. The van der Waals surface area contributed by atoms with Crippen LogP contribution in [0.1, 0.15) is 15.9 Å².